The van der Waals surface area contributed by atoms with Gasteiger partial charge in [0.1, 0.15) is 0 Å². The summed E-state index contributed by atoms with van der Waals surface area (Å²) in [7, 11) is -4.14. The Hall–Kier alpha value is -2.55. The molecular weight excluding hydrogens is 513 g/mol. The quantitative estimate of drug-likeness (QED) is 0.192. The van der Waals surface area contributed by atoms with Crippen molar-refractivity contribution >= 4 is 21.6 Å². The van der Waals surface area contributed by atoms with Crippen LogP contribution in [0.3, 0.4) is 0 Å². The summed E-state index contributed by atoms with van der Waals surface area (Å²) in [6.45, 7) is 2.01. The lowest BCUT2D eigenvalue weighted by molar-refractivity contribution is -0.137. The van der Waals surface area contributed by atoms with Gasteiger partial charge in [0.15, 0.2) is 0 Å². The molecule has 0 aliphatic rings. The largest absolute Gasteiger partial charge is 0.416 e. The smallest absolute Gasteiger partial charge is 0.354 e. The van der Waals surface area contributed by atoms with Gasteiger partial charge in [0.05, 0.1) is 22.7 Å². The van der Waals surface area contributed by atoms with E-state index in [1.807, 2.05) is 0 Å². The monoisotopic (exact) mass is 554 g/mol. The predicted octanol–water partition coefficient (Wildman–Crippen LogP) is 7.72. The molecule has 0 atom stereocenters. The second-order valence-electron chi connectivity index (χ2n) is 9.57. The Bertz CT molecular complexity index is 1060. The first-order valence-corrected chi connectivity index (χ1v) is 15.1. The van der Waals surface area contributed by atoms with Crippen LogP contribution in [0.5, 0.6) is 0 Å². The lowest BCUT2D eigenvalue weighted by Crippen LogP contribution is -2.38. The van der Waals surface area contributed by atoms with Gasteiger partial charge in [-0.2, -0.15) is 13.2 Å². The number of hydrogen-bond donors (Lipinski definition) is 1. The summed E-state index contributed by atoms with van der Waals surface area (Å²) in [4.78, 5) is 12.3. The molecule has 0 saturated carbocycles. The van der Waals surface area contributed by atoms with Crippen LogP contribution in [-0.4, -0.2) is 27.4 Å². The van der Waals surface area contributed by atoms with Crippen LogP contribution in [0, 0.1) is 0 Å². The number of halogens is 3. The number of carbonyl (C=O) groups excluding carboxylic acids is 1. The van der Waals surface area contributed by atoms with Crippen LogP contribution in [0.4, 0.5) is 18.9 Å². The molecule has 212 valence electrons. The molecule has 0 unspecified atom stereocenters. The highest BCUT2D eigenvalue weighted by molar-refractivity contribution is 7.92. The minimum atomic E-state index is -4.61. The van der Waals surface area contributed by atoms with E-state index in [4.69, 9.17) is 0 Å². The fourth-order valence-electron chi connectivity index (χ4n) is 4.28. The molecule has 2 rings (SSSR count). The summed E-state index contributed by atoms with van der Waals surface area (Å²) in [6.07, 6.45) is 8.67. The summed E-state index contributed by atoms with van der Waals surface area (Å²) in [6, 6.07) is 11.7. The molecule has 0 heterocycles. The normalized spacial score (nSPS) is 11.9. The molecule has 2 aromatic rings. The minimum Gasteiger partial charge on any atom is -0.354 e. The second-order valence-corrected chi connectivity index (χ2v) is 11.4. The van der Waals surface area contributed by atoms with Crippen molar-refractivity contribution in [3.05, 3.63) is 60.2 Å². The van der Waals surface area contributed by atoms with E-state index in [1.165, 1.54) is 75.6 Å². The highest BCUT2D eigenvalue weighted by Gasteiger charge is 2.32. The zero-order valence-electron chi connectivity index (χ0n) is 22.3. The van der Waals surface area contributed by atoms with Crippen molar-refractivity contribution in [2.24, 2.45) is 0 Å². The van der Waals surface area contributed by atoms with Crippen molar-refractivity contribution in [1.82, 2.24) is 5.32 Å². The predicted molar refractivity (Wildman–Crippen MR) is 147 cm³/mol. The number of nitrogens with one attached hydrogen (secondary N) is 1. The topological polar surface area (TPSA) is 66.5 Å². The highest BCUT2D eigenvalue weighted by atomic mass is 32.2. The van der Waals surface area contributed by atoms with Gasteiger partial charge < -0.3 is 5.32 Å². The fourth-order valence-corrected chi connectivity index (χ4v) is 5.76. The average molecular weight is 555 g/mol. The fraction of sp³-hybridized carbons (Fsp3) is 0.552. The summed E-state index contributed by atoms with van der Waals surface area (Å²) < 4.78 is 67.3. The molecule has 1 N–H and O–H groups in total. The first-order valence-electron chi connectivity index (χ1n) is 13.7. The number of amides is 1. The van der Waals surface area contributed by atoms with Crippen LogP contribution in [0.2, 0.25) is 0 Å². The summed E-state index contributed by atoms with van der Waals surface area (Å²) >= 11 is 0. The molecule has 0 bridgehead atoms. The van der Waals surface area contributed by atoms with Crippen molar-refractivity contribution in [2.75, 3.05) is 17.4 Å². The van der Waals surface area contributed by atoms with Crippen LogP contribution in [0.15, 0.2) is 59.5 Å². The maximum Gasteiger partial charge on any atom is 0.416 e. The lowest BCUT2D eigenvalue weighted by Gasteiger charge is -2.25. The van der Waals surface area contributed by atoms with E-state index in [0.717, 1.165) is 35.7 Å². The maximum absolute atomic E-state index is 13.3. The Morgan fingerprint density at radius 1 is 0.816 bits per heavy atom. The van der Waals surface area contributed by atoms with Gasteiger partial charge in [0, 0.05) is 13.0 Å². The van der Waals surface area contributed by atoms with Gasteiger partial charge in [-0.1, -0.05) is 95.4 Å². The number of alkyl halides is 3. The van der Waals surface area contributed by atoms with Crippen LogP contribution < -0.4 is 9.62 Å². The van der Waals surface area contributed by atoms with Crippen molar-refractivity contribution in [2.45, 2.75) is 95.0 Å². The third-order valence-corrected chi connectivity index (χ3v) is 8.28. The number of hydrogen-bond acceptors (Lipinski definition) is 3. The number of nitrogens with zero attached hydrogens (tertiary/aromatic N) is 1. The Morgan fingerprint density at radius 3 is 1.97 bits per heavy atom. The van der Waals surface area contributed by atoms with E-state index in [9.17, 15) is 26.4 Å². The van der Waals surface area contributed by atoms with Gasteiger partial charge in [-0.05, 0) is 36.8 Å². The molecule has 2 aromatic carbocycles. The zero-order chi connectivity index (χ0) is 27.9. The molecule has 0 aliphatic heterocycles. The first kappa shape index (κ1) is 31.7. The zero-order valence-corrected chi connectivity index (χ0v) is 23.1. The van der Waals surface area contributed by atoms with Crippen molar-refractivity contribution in [1.29, 1.82) is 0 Å². The van der Waals surface area contributed by atoms with Crippen LogP contribution in [0.1, 0.15) is 89.5 Å². The molecule has 1 amide bonds. The van der Waals surface area contributed by atoms with Gasteiger partial charge in [0.2, 0.25) is 5.91 Å². The van der Waals surface area contributed by atoms with Crippen LogP contribution in [0.25, 0.3) is 0 Å². The molecule has 38 heavy (non-hydrogen) atoms. The van der Waals surface area contributed by atoms with E-state index >= 15 is 0 Å². The third kappa shape index (κ3) is 11.1. The summed E-state index contributed by atoms with van der Waals surface area (Å²) in [5, 5.41) is 2.72. The number of anilines is 1. The molecule has 9 heteroatoms. The Morgan fingerprint density at radius 2 is 1.39 bits per heavy atom. The van der Waals surface area contributed by atoms with E-state index in [1.54, 1.807) is 18.2 Å². The number of sulfonamides is 1. The number of rotatable bonds is 18. The summed E-state index contributed by atoms with van der Waals surface area (Å²) in [5.41, 5.74) is -1.05. The second kappa shape index (κ2) is 16.4. The van der Waals surface area contributed by atoms with E-state index in [2.05, 4.69) is 12.2 Å². The van der Waals surface area contributed by atoms with Crippen LogP contribution in [-0.2, 0) is 21.0 Å². The van der Waals surface area contributed by atoms with E-state index in [-0.39, 0.29) is 29.6 Å². The molecule has 0 aliphatic carbocycles. The number of carbonyl (C=O) groups is 1. The molecule has 0 radical (unpaired) electrons. The SMILES string of the molecule is CCCCCCCCCCCCCC(=O)NCCN(c1cccc(C(F)(F)F)c1)S(=O)(=O)c1ccccc1. The van der Waals surface area contributed by atoms with E-state index < -0.39 is 21.8 Å². The van der Waals surface area contributed by atoms with Gasteiger partial charge >= 0.3 is 6.18 Å². The van der Waals surface area contributed by atoms with Crippen molar-refractivity contribution in [3.8, 4) is 0 Å². The van der Waals surface area contributed by atoms with Gasteiger partial charge in [-0.15, -0.1) is 0 Å². The Balaban J connectivity index is 1.85. The Labute approximate surface area is 225 Å². The van der Waals surface area contributed by atoms with Gasteiger partial charge in [-0.3, -0.25) is 9.10 Å². The maximum atomic E-state index is 13.3. The molecule has 0 aromatic heterocycles. The average Bonchev–Trinajstić information content (AvgIpc) is 2.89. The molecule has 0 spiro atoms. The minimum absolute atomic E-state index is 0.0147. The van der Waals surface area contributed by atoms with Crippen LogP contribution >= 0.6 is 0 Å². The summed E-state index contributed by atoms with van der Waals surface area (Å²) in [5.74, 6) is -0.193. The molecule has 0 saturated heterocycles. The molecule has 0 fully saturated rings. The highest BCUT2D eigenvalue weighted by Crippen LogP contribution is 2.33. The Kier molecular flexibility index (Phi) is 13.7. The first-order chi connectivity index (χ1) is 18.2. The molecular formula is C29H41F3N2O3S. The third-order valence-electron chi connectivity index (χ3n) is 6.44. The van der Waals surface area contributed by atoms with Crippen molar-refractivity contribution in [3.63, 3.8) is 0 Å². The number of unbranched alkanes of at least 4 members (excludes halogenated alkanes) is 10. The van der Waals surface area contributed by atoms with Gasteiger partial charge in [0.25, 0.3) is 10.0 Å². The molecule has 5 nitrogen and oxygen atoms in total. The van der Waals surface area contributed by atoms with Crippen molar-refractivity contribution < 1.29 is 26.4 Å². The number of benzene rings is 2. The lowest BCUT2D eigenvalue weighted by atomic mass is 10.1. The standard InChI is InChI=1S/C29H41F3N2O3S/c1-2-3-4-5-6-7-8-9-10-11-15-21-28(35)33-22-23-34(38(36,37)27-19-13-12-14-20-27)26-18-16-17-25(24-26)29(30,31)32/h12-14,16-20,24H,2-11,15,21-23H2,1H3,(H,33,35). The van der Waals surface area contributed by atoms with E-state index in [0.29, 0.717) is 6.42 Å². The van der Waals surface area contributed by atoms with Gasteiger partial charge in [-0.25, -0.2) is 8.42 Å².